The molecule has 2 unspecified atom stereocenters. The molecule has 0 aliphatic rings. The number of carbonyl (C=O) groups excluding carboxylic acids is 4. The first-order chi connectivity index (χ1) is 13.2. The van der Waals surface area contributed by atoms with Crippen LogP contribution in [0.1, 0.15) is 61.3 Å². The van der Waals surface area contributed by atoms with Gasteiger partial charge in [-0.25, -0.2) is 0 Å². The summed E-state index contributed by atoms with van der Waals surface area (Å²) >= 11 is 0. The number of hydrogen-bond donors (Lipinski definition) is 2. The van der Waals surface area contributed by atoms with Gasteiger partial charge in [0.15, 0.2) is 11.6 Å². The van der Waals surface area contributed by atoms with Crippen LogP contribution in [0, 0.1) is 0 Å². The molecule has 0 fully saturated rings. The Balaban J connectivity index is 0. The zero-order chi connectivity index (χ0) is 23.4. The summed E-state index contributed by atoms with van der Waals surface area (Å²) in [4.78, 5) is 44.1. The standard InChI is InChI=1S/C12H20O2.C9H14O6/c1-6-12(5,14-11(4)13)9-7-8-10(2)3;1-5(11)9(6(2)12,8(14)4-10)15-7(3)13/h6,8H,1,7,9H2,2-5H3;8,10,14H,4H2,1-3H3. The maximum Gasteiger partial charge on any atom is 0.304 e. The Labute approximate surface area is 172 Å². The van der Waals surface area contributed by atoms with Crippen LogP contribution in [-0.4, -0.2) is 57.6 Å². The highest BCUT2D eigenvalue weighted by atomic mass is 16.6. The molecule has 0 spiro atoms. The number of ketones is 2. The Morgan fingerprint density at radius 2 is 1.41 bits per heavy atom. The second kappa shape index (κ2) is 13.0. The fraction of sp³-hybridized carbons (Fsp3) is 0.619. The van der Waals surface area contributed by atoms with E-state index in [1.54, 1.807) is 6.08 Å². The summed E-state index contributed by atoms with van der Waals surface area (Å²) in [5.74, 6) is -2.80. The van der Waals surface area contributed by atoms with Gasteiger partial charge in [-0.05, 0) is 53.5 Å². The SMILES string of the molecule is C=CC(C)(CCC=C(C)C)OC(C)=O.CC(=O)OC(C(C)=O)(C(C)=O)C(O)CO. The van der Waals surface area contributed by atoms with Crippen LogP contribution < -0.4 is 0 Å². The topological polar surface area (TPSA) is 127 Å². The van der Waals surface area contributed by atoms with E-state index >= 15 is 0 Å². The highest BCUT2D eigenvalue weighted by Crippen LogP contribution is 2.21. The average Bonchev–Trinajstić information content (AvgIpc) is 2.57. The predicted molar refractivity (Wildman–Crippen MR) is 108 cm³/mol. The fourth-order valence-electron chi connectivity index (χ4n) is 2.45. The summed E-state index contributed by atoms with van der Waals surface area (Å²) in [5, 5.41) is 18.1. The minimum Gasteiger partial charge on any atom is -0.455 e. The number of allylic oxidation sites excluding steroid dienone is 2. The number of esters is 2. The number of aliphatic hydroxyl groups excluding tert-OH is 2. The van der Waals surface area contributed by atoms with Gasteiger partial charge in [0.2, 0.25) is 0 Å². The molecule has 0 saturated heterocycles. The molecule has 0 amide bonds. The monoisotopic (exact) mass is 414 g/mol. The Morgan fingerprint density at radius 3 is 1.69 bits per heavy atom. The number of ether oxygens (including phenoxy) is 2. The zero-order valence-electron chi connectivity index (χ0n) is 18.4. The second-order valence-corrected chi connectivity index (χ2v) is 7.07. The van der Waals surface area contributed by atoms with Gasteiger partial charge in [-0.15, -0.1) is 0 Å². The lowest BCUT2D eigenvalue weighted by Crippen LogP contribution is -2.58. The molecule has 0 aromatic heterocycles. The van der Waals surface area contributed by atoms with E-state index < -0.39 is 41.4 Å². The van der Waals surface area contributed by atoms with E-state index in [2.05, 4.69) is 31.2 Å². The quantitative estimate of drug-likeness (QED) is 0.316. The zero-order valence-corrected chi connectivity index (χ0v) is 18.4. The van der Waals surface area contributed by atoms with Crippen molar-refractivity contribution in [2.75, 3.05) is 6.61 Å². The number of rotatable bonds is 10. The van der Waals surface area contributed by atoms with Crippen molar-refractivity contribution in [2.24, 2.45) is 0 Å². The van der Waals surface area contributed by atoms with Gasteiger partial charge < -0.3 is 19.7 Å². The van der Waals surface area contributed by atoms with Gasteiger partial charge in [0, 0.05) is 13.8 Å². The van der Waals surface area contributed by atoms with Crippen molar-refractivity contribution in [2.45, 2.75) is 78.6 Å². The van der Waals surface area contributed by atoms with Crippen molar-refractivity contribution in [3.05, 3.63) is 24.3 Å². The first-order valence-corrected chi connectivity index (χ1v) is 9.15. The summed E-state index contributed by atoms with van der Waals surface area (Å²) in [6, 6.07) is 0. The fourth-order valence-corrected chi connectivity index (χ4v) is 2.45. The molecule has 0 aromatic carbocycles. The van der Waals surface area contributed by atoms with Crippen LogP contribution in [0.25, 0.3) is 0 Å². The molecule has 0 rings (SSSR count). The normalized spacial score (nSPS) is 13.6. The van der Waals surface area contributed by atoms with Gasteiger partial charge in [-0.1, -0.05) is 18.2 Å². The van der Waals surface area contributed by atoms with E-state index in [4.69, 9.17) is 9.84 Å². The third-order valence-electron chi connectivity index (χ3n) is 3.99. The van der Waals surface area contributed by atoms with Crippen molar-refractivity contribution < 1.29 is 38.9 Å². The number of carbonyl (C=O) groups is 4. The average molecular weight is 414 g/mol. The van der Waals surface area contributed by atoms with Crippen LogP contribution in [0.15, 0.2) is 24.3 Å². The van der Waals surface area contributed by atoms with E-state index in [1.165, 1.54) is 12.5 Å². The van der Waals surface area contributed by atoms with E-state index in [0.29, 0.717) is 0 Å². The lowest BCUT2D eigenvalue weighted by Gasteiger charge is -2.31. The lowest BCUT2D eigenvalue weighted by molar-refractivity contribution is -0.184. The van der Waals surface area contributed by atoms with E-state index in [0.717, 1.165) is 33.6 Å². The summed E-state index contributed by atoms with van der Waals surface area (Å²) < 4.78 is 9.75. The summed E-state index contributed by atoms with van der Waals surface area (Å²) in [6.07, 6.45) is 3.74. The number of aliphatic hydroxyl groups is 2. The smallest absolute Gasteiger partial charge is 0.304 e. The van der Waals surface area contributed by atoms with Gasteiger partial charge in [-0.3, -0.25) is 19.2 Å². The molecule has 0 radical (unpaired) electrons. The van der Waals surface area contributed by atoms with Crippen molar-refractivity contribution in [1.82, 2.24) is 0 Å². The molecule has 2 N–H and O–H groups in total. The molecule has 2 atom stereocenters. The van der Waals surface area contributed by atoms with Crippen molar-refractivity contribution in [3.8, 4) is 0 Å². The second-order valence-electron chi connectivity index (χ2n) is 7.07. The Kier molecular flexibility index (Phi) is 13.0. The molecule has 29 heavy (non-hydrogen) atoms. The molecule has 0 saturated carbocycles. The molecule has 0 bridgehead atoms. The highest BCUT2D eigenvalue weighted by Gasteiger charge is 2.50. The van der Waals surface area contributed by atoms with Crippen molar-refractivity contribution >= 4 is 23.5 Å². The van der Waals surface area contributed by atoms with Crippen LogP contribution >= 0.6 is 0 Å². The van der Waals surface area contributed by atoms with Crippen LogP contribution in [-0.2, 0) is 28.7 Å². The third-order valence-corrected chi connectivity index (χ3v) is 3.99. The molecule has 8 nitrogen and oxygen atoms in total. The van der Waals surface area contributed by atoms with Gasteiger partial charge in [0.05, 0.1) is 6.61 Å². The minimum absolute atomic E-state index is 0.260. The van der Waals surface area contributed by atoms with Gasteiger partial charge in [0.1, 0.15) is 11.7 Å². The molecule has 0 heterocycles. The van der Waals surface area contributed by atoms with Gasteiger partial charge in [-0.2, -0.15) is 0 Å². The summed E-state index contributed by atoms with van der Waals surface area (Å²) in [7, 11) is 0. The minimum atomic E-state index is -2.29. The maximum atomic E-state index is 11.3. The molecule has 8 heteroatoms. The Bertz CT molecular complexity index is 617. The predicted octanol–water partition coefficient (Wildman–Crippen LogP) is 2.06. The van der Waals surface area contributed by atoms with Crippen LogP contribution in [0.5, 0.6) is 0 Å². The number of hydrogen-bond acceptors (Lipinski definition) is 8. The molecular formula is C21H34O8. The molecule has 166 valence electrons. The summed E-state index contributed by atoms with van der Waals surface area (Å²) in [6.45, 7) is 13.2. The van der Waals surface area contributed by atoms with Crippen molar-refractivity contribution in [1.29, 1.82) is 0 Å². The maximum absolute atomic E-state index is 11.3. The highest BCUT2D eigenvalue weighted by molar-refractivity contribution is 6.10. The molecule has 0 aliphatic heterocycles. The van der Waals surface area contributed by atoms with E-state index in [1.807, 2.05) is 6.92 Å². The first-order valence-electron chi connectivity index (χ1n) is 9.15. The molecular weight excluding hydrogens is 380 g/mol. The van der Waals surface area contributed by atoms with Gasteiger partial charge in [0.25, 0.3) is 5.60 Å². The largest absolute Gasteiger partial charge is 0.455 e. The third kappa shape index (κ3) is 10.1. The molecule has 0 aromatic rings. The van der Waals surface area contributed by atoms with Crippen LogP contribution in [0.4, 0.5) is 0 Å². The Morgan fingerprint density at radius 1 is 0.966 bits per heavy atom. The number of Topliss-reactive ketones (excluding diaryl/α,β-unsaturated/α-hetero) is 2. The van der Waals surface area contributed by atoms with Crippen molar-refractivity contribution in [3.63, 3.8) is 0 Å². The van der Waals surface area contributed by atoms with Gasteiger partial charge >= 0.3 is 11.9 Å². The lowest BCUT2D eigenvalue weighted by atomic mass is 9.88. The first kappa shape index (κ1) is 28.9. The molecule has 0 aliphatic carbocycles. The van der Waals surface area contributed by atoms with Crippen LogP contribution in [0.2, 0.25) is 0 Å². The van der Waals surface area contributed by atoms with Crippen LogP contribution in [0.3, 0.4) is 0 Å². The van der Waals surface area contributed by atoms with E-state index in [-0.39, 0.29) is 5.97 Å². The Hall–Kier alpha value is -2.32. The summed E-state index contributed by atoms with van der Waals surface area (Å²) in [5.41, 5.74) is -1.54. The van der Waals surface area contributed by atoms with E-state index in [9.17, 15) is 24.3 Å².